The van der Waals surface area contributed by atoms with Crippen molar-refractivity contribution in [2.75, 3.05) is 5.32 Å². The van der Waals surface area contributed by atoms with Gasteiger partial charge in [0.25, 0.3) is 0 Å². The van der Waals surface area contributed by atoms with Crippen LogP contribution in [-0.2, 0) is 11.3 Å². The summed E-state index contributed by atoms with van der Waals surface area (Å²) in [6.07, 6.45) is 3.16. The van der Waals surface area contributed by atoms with E-state index in [4.69, 9.17) is 5.26 Å². The van der Waals surface area contributed by atoms with Crippen molar-refractivity contribution in [3.8, 4) is 6.07 Å². The Morgan fingerprint density at radius 3 is 2.95 bits per heavy atom. The Labute approximate surface area is 113 Å². The molecule has 1 saturated carbocycles. The monoisotopic (exact) mass is 257 g/mol. The molecule has 0 aliphatic heterocycles. The van der Waals surface area contributed by atoms with Gasteiger partial charge in [0.05, 0.1) is 12.0 Å². The fraction of sp³-hybridized carbons (Fsp3) is 0.467. The highest BCUT2D eigenvalue weighted by atomic mass is 16.1. The van der Waals surface area contributed by atoms with Crippen molar-refractivity contribution in [3.05, 3.63) is 29.8 Å². The van der Waals surface area contributed by atoms with Crippen LogP contribution in [0.1, 0.15) is 31.7 Å². The van der Waals surface area contributed by atoms with Gasteiger partial charge in [-0.2, -0.15) is 5.26 Å². The Kier molecular flexibility index (Phi) is 4.53. The van der Waals surface area contributed by atoms with Gasteiger partial charge < -0.3 is 10.6 Å². The van der Waals surface area contributed by atoms with Gasteiger partial charge in [0.2, 0.25) is 5.91 Å². The van der Waals surface area contributed by atoms with Crippen molar-refractivity contribution in [2.45, 2.75) is 38.8 Å². The molecule has 1 aromatic rings. The first-order valence-corrected chi connectivity index (χ1v) is 6.69. The highest BCUT2D eigenvalue weighted by molar-refractivity contribution is 5.89. The van der Waals surface area contributed by atoms with Crippen LogP contribution < -0.4 is 10.6 Å². The van der Waals surface area contributed by atoms with E-state index in [1.54, 1.807) is 0 Å². The van der Waals surface area contributed by atoms with E-state index < -0.39 is 0 Å². The summed E-state index contributed by atoms with van der Waals surface area (Å²) in [5.41, 5.74) is 1.90. The number of benzene rings is 1. The minimum atomic E-state index is -0.0665. The molecule has 1 aliphatic carbocycles. The summed E-state index contributed by atoms with van der Waals surface area (Å²) in [5.74, 6) is 0.0520. The Bertz CT molecular complexity index is 492. The molecule has 2 N–H and O–H groups in total. The first kappa shape index (κ1) is 13.6. The van der Waals surface area contributed by atoms with E-state index in [-0.39, 0.29) is 17.9 Å². The van der Waals surface area contributed by atoms with Crippen LogP contribution in [0.15, 0.2) is 24.3 Å². The van der Waals surface area contributed by atoms with Crippen LogP contribution in [0.5, 0.6) is 0 Å². The van der Waals surface area contributed by atoms with Gasteiger partial charge in [-0.3, -0.25) is 4.79 Å². The number of carbonyl (C=O) groups is 1. The molecular formula is C15H19N3O. The molecule has 4 heteroatoms. The summed E-state index contributed by atoms with van der Waals surface area (Å²) in [7, 11) is 0. The Morgan fingerprint density at radius 2 is 2.21 bits per heavy atom. The molecule has 2 atom stereocenters. The van der Waals surface area contributed by atoms with Gasteiger partial charge in [-0.1, -0.05) is 24.6 Å². The van der Waals surface area contributed by atoms with Gasteiger partial charge in [0, 0.05) is 25.2 Å². The van der Waals surface area contributed by atoms with Crippen molar-refractivity contribution in [1.82, 2.24) is 5.32 Å². The molecule has 1 fully saturated rings. The average Bonchev–Trinajstić information content (AvgIpc) is 2.84. The third-order valence-corrected chi connectivity index (χ3v) is 3.56. The summed E-state index contributed by atoms with van der Waals surface area (Å²) >= 11 is 0. The van der Waals surface area contributed by atoms with E-state index >= 15 is 0 Å². The van der Waals surface area contributed by atoms with Crippen LogP contribution >= 0.6 is 0 Å². The molecule has 0 heterocycles. The maximum atomic E-state index is 11.1. The lowest BCUT2D eigenvalue weighted by Gasteiger charge is -2.17. The summed E-state index contributed by atoms with van der Waals surface area (Å²) in [5, 5.41) is 15.3. The molecule has 0 spiro atoms. The molecule has 2 rings (SSSR count). The fourth-order valence-electron chi connectivity index (χ4n) is 2.59. The van der Waals surface area contributed by atoms with Crippen molar-refractivity contribution in [2.24, 2.45) is 5.92 Å². The zero-order chi connectivity index (χ0) is 13.7. The molecule has 1 aliphatic rings. The largest absolute Gasteiger partial charge is 0.326 e. The van der Waals surface area contributed by atoms with Crippen molar-refractivity contribution >= 4 is 11.6 Å². The lowest BCUT2D eigenvalue weighted by Crippen LogP contribution is -2.31. The minimum absolute atomic E-state index is 0.0665. The first-order valence-electron chi connectivity index (χ1n) is 6.69. The third-order valence-electron chi connectivity index (χ3n) is 3.56. The smallest absolute Gasteiger partial charge is 0.221 e. The van der Waals surface area contributed by atoms with E-state index in [9.17, 15) is 4.79 Å². The Hall–Kier alpha value is -1.86. The molecule has 19 heavy (non-hydrogen) atoms. The van der Waals surface area contributed by atoms with Crippen LogP contribution in [0.4, 0.5) is 5.69 Å². The lowest BCUT2D eigenvalue weighted by molar-refractivity contribution is -0.114. The number of anilines is 1. The molecule has 0 saturated heterocycles. The van der Waals surface area contributed by atoms with Crippen LogP contribution in [0.25, 0.3) is 0 Å². The van der Waals surface area contributed by atoms with Gasteiger partial charge in [-0.15, -0.1) is 0 Å². The van der Waals surface area contributed by atoms with E-state index in [0.717, 1.165) is 30.5 Å². The van der Waals surface area contributed by atoms with Crippen molar-refractivity contribution in [1.29, 1.82) is 5.26 Å². The van der Waals surface area contributed by atoms with Crippen molar-refractivity contribution < 1.29 is 4.79 Å². The molecule has 100 valence electrons. The predicted molar refractivity (Wildman–Crippen MR) is 74.3 cm³/mol. The minimum Gasteiger partial charge on any atom is -0.326 e. The Morgan fingerprint density at radius 1 is 1.42 bits per heavy atom. The second-order valence-corrected chi connectivity index (χ2v) is 4.99. The van der Waals surface area contributed by atoms with Crippen LogP contribution in [0.3, 0.4) is 0 Å². The topological polar surface area (TPSA) is 64.9 Å². The number of nitrogens with one attached hydrogen (secondary N) is 2. The maximum Gasteiger partial charge on any atom is 0.221 e. The molecule has 0 aromatic heterocycles. The van der Waals surface area contributed by atoms with Gasteiger partial charge in [-0.25, -0.2) is 0 Å². The summed E-state index contributed by atoms with van der Waals surface area (Å²) in [6.45, 7) is 2.19. The number of para-hydroxylation sites is 1. The zero-order valence-corrected chi connectivity index (χ0v) is 11.1. The number of hydrogen-bond acceptors (Lipinski definition) is 3. The number of hydrogen-bond donors (Lipinski definition) is 2. The second-order valence-electron chi connectivity index (χ2n) is 4.99. The van der Waals surface area contributed by atoms with Gasteiger partial charge in [-0.05, 0) is 24.5 Å². The summed E-state index contributed by atoms with van der Waals surface area (Å²) < 4.78 is 0. The summed E-state index contributed by atoms with van der Waals surface area (Å²) in [4.78, 5) is 11.1. The number of rotatable bonds is 4. The maximum absolute atomic E-state index is 11.1. The third kappa shape index (κ3) is 3.55. The van der Waals surface area contributed by atoms with Crippen molar-refractivity contribution in [3.63, 3.8) is 0 Å². The highest BCUT2D eigenvalue weighted by Gasteiger charge is 2.26. The van der Waals surface area contributed by atoms with Crippen LogP contribution in [0.2, 0.25) is 0 Å². The van der Waals surface area contributed by atoms with Gasteiger partial charge in [0.15, 0.2) is 0 Å². The van der Waals surface area contributed by atoms with E-state index in [1.165, 1.54) is 6.92 Å². The predicted octanol–water partition coefficient (Wildman–Crippen LogP) is 2.43. The molecular weight excluding hydrogens is 238 g/mol. The lowest BCUT2D eigenvalue weighted by atomic mass is 10.1. The molecule has 2 unspecified atom stereocenters. The van der Waals surface area contributed by atoms with E-state index in [2.05, 4.69) is 16.7 Å². The Balaban J connectivity index is 1.99. The number of nitriles is 1. The van der Waals surface area contributed by atoms with Crippen LogP contribution in [-0.4, -0.2) is 11.9 Å². The number of amides is 1. The molecule has 0 bridgehead atoms. The van der Waals surface area contributed by atoms with Crippen LogP contribution in [0, 0.1) is 17.2 Å². The molecule has 4 nitrogen and oxygen atoms in total. The quantitative estimate of drug-likeness (QED) is 0.870. The highest BCUT2D eigenvalue weighted by Crippen LogP contribution is 2.25. The van der Waals surface area contributed by atoms with Gasteiger partial charge >= 0.3 is 0 Å². The molecule has 0 radical (unpaired) electrons. The van der Waals surface area contributed by atoms with Gasteiger partial charge in [0.1, 0.15) is 0 Å². The molecule has 1 amide bonds. The molecule has 1 aromatic carbocycles. The normalized spacial score (nSPS) is 21.9. The zero-order valence-electron chi connectivity index (χ0n) is 11.1. The summed E-state index contributed by atoms with van der Waals surface area (Å²) in [6, 6.07) is 10.4. The SMILES string of the molecule is CC(=O)Nc1ccccc1CNC1CCCC1C#N. The average molecular weight is 257 g/mol. The standard InChI is InChI=1S/C15H19N3O/c1-11(19)18-15-7-3-2-5-13(15)10-17-14-8-4-6-12(14)9-16/h2-3,5,7,12,14,17H,4,6,8,10H2,1H3,(H,18,19). The fourth-order valence-corrected chi connectivity index (χ4v) is 2.59. The first-order chi connectivity index (χ1) is 9.20. The second kappa shape index (κ2) is 6.35. The number of nitrogens with zero attached hydrogens (tertiary/aromatic N) is 1. The van der Waals surface area contributed by atoms with E-state index in [1.807, 2.05) is 24.3 Å². The van der Waals surface area contributed by atoms with E-state index in [0.29, 0.717) is 6.54 Å². The number of carbonyl (C=O) groups excluding carboxylic acids is 1.